The highest BCUT2D eigenvalue weighted by atomic mass is 32.2. The smallest absolute Gasteiger partial charge is 0.233 e. The number of thioether (sulfide) groups is 1. The fourth-order valence-corrected chi connectivity index (χ4v) is 5.70. The zero-order valence-corrected chi connectivity index (χ0v) is 18.7. The van der Waals surface area contributed by atoms with E-state index in [2.05, 4.69) is 10.2 Å². The molecule has 1 aliphatic rings. The van der Waals surface area contributed by atoms with E-state index in [0.29, 0.717) is 11.0 Å². The van der Waals surface area contributed by atoms with Crippen molar-refractivity contribution in [2.75, 3.05) is 18.8 Å². The van der Waals surface area contributed by atoms with E-state index in [-0.39, 0.29) is 22.3 Å². The van der Waals surface area contributed by atoms with E-state index in [4.69, 9.17) is 0 Å². The Hall–Kier alpha value is -2.65. The number of para-hydroxylation sites is 1. The number of piperidine rings is 1. The summed E-state index contributed by atoms with van der Waals surface area (Å²) in [5.74, 6) is 0.365. The van der Waals surface area contributed by atoms with Gasteiger partial charge in [0.1, 0.15) is 5.75 Å². The zero-order valence-electron chi connectivity index (χ0n) is 17.1. The summed E-state index contributed by atoms with van der Waals surface area (Å²) < 4.78 is 27.6. The Labute approximate surface area is 186 Å². The summed E-state index contributed by atoms with van der Waals surface area (Å²) in [6.45, 7) is 1.59. The van der Waals surface area contributed by atoms with Gasteiger partial charge in [-0.25, -0.2) is 8.42 Å². The summed E-state index contributed by atoms with van der Waals surface area (Å²) in [6, 6.07) is 17.7. The van der Waals surface area contributed by atoms with Crippen LogP contribution in [0.2, 0.25) is 0 Å². The molecule has 31 heavy (non-hydrogen) atoms. The molecule has 0 atom stereocenters. The lowest BCUT2D eigenvalue weighted by Crippen LogP contribution is -2.36. The van der Waals surface area contributed by atoms with Crippen molar-refractivity contribution in [2.24, 2.45) is 0 Å². The fraction of sp³-hybridized carbons (Fsp3) is 0.318. The van der Waals surface area contributed by atoms with Gasteiger partial charge in [0.25, 0.3) is 0 Å². The van der Waals surface area contributed by atoms with Gasteiger partial charge >= 0.3 is 0 Å². The number of hydrogen-bond donors (Lipinski definition) is 0. The van der Waals surface area contributed by atoms with Gasteiger partial charge in [-0.2, -0.15) is 0 Å². The van der Waals surface area contributed by atoms with Gasteiger partial charge in [0, 0.05) is 18.8 Å². The lowest BCUT2D eigenvalue weighted by Gasteiger charge is -2.26. The van der Waals surface area contributed by atoms with Crippen LogP contribution < -0.4 is 0 Å². The number of hydrogen-bond acceptors (Lipinski definition) is 6. The summed E-state index contributed by atoms with van der Waals surface area (Å²) in [6.07, 6.45) is 3.24. The molecule has 4 rings (SSSR count). The minimum Gasteiger partial charge on any atom is -0.342 e. The van der Waals surface area contributed by atoms with E-state index in [1.807, 2.05) is 35.2 Å². The van der Waals surface area contributed by atoms with Gasteiger partial charge < -0.3 is 4.90 Å². The number of likely N-dealkylation sites (tertiary alicyclic amines) is 1. The lowest BCUT2D eigenvalue weighted by atomic mass is 10.1. The van der Waals surface area contributed by atoms with Crippen LogP contribution in [0.3, 0.4) is 0 Å². The number of carbonyl (C=O) groups excluding carboxylic acids is 1. The van der Waals surface area contributed by atoms with E-state index in [9.17, 15) is 13.2 Å². The van der Waals surface area contributed by atoms with Crippen LogP contribution in [-0.2, 0) is 20.4 Å². The molecule has 0 N–H and O–H groups in total. The largest absolute Gasteiger partial charge is 0.342 e. The van der Waals surface area contributed by atoms with Crippen LogP contribution in [0.1, 0.15) is 25.1 Å². The van der Waals surface area contributed by atoms with Gasteiger partial charge in [-0.15, -0.1) is 10.2 Å². The third-order valence-electron chi connectivity index (χ3n) is 5.17. The van der Waals surface area contributed by atoms with Crippen LogP contribution in [0, 0.1) is 0 Å². The molecule has 3 aromatic rings. The van der Waals surface area contributed by atoms with E-state index >= 15 is 0 Å². The van der Waals surface area contributed by atoms with Crippen LogP contribution in [-0.4, -0.2) is 52.8 Å². The maximum absolute atomic E-state index is 12.9. The third-order valence-corrected chi connectivity index (χ3v) is 7.71. The predicted molar refractivity (Wildman–Crippen MR) is 120 cm³/mol. The number of amides is 1. The average Bonchev–Trinajstić information content (AvgIpc) is 3.20. The minimum absolute atomic E-state index is 0.0748. The summed E-state index contributed by atoms with van der Waals surface area (Å²) in [5.41, 5.74) is 0.763. The standard InChI is InChI=1S/C22H24N4O3S2/c27-21(25-14-8-3-9-15-25)16-30-22-24-23-20(26(22)18-10-4-1-5-11-18)17-31(28,29)19-12-6-2-7-13-19/h1-2,4-7,10-13H,3,8-9,14-17H2. The average molecular weight is 457 g/mol. The summed E-state index contributed by atoms with van der Waals surface area (Å²) in [7, 11) is -3.59. The summed E-state index contributed by atoms with van der Waals surface area (Å²) in [5, 5.41) is 8.92. The molecule has 162 valence electrons. The van der Waals surface area contributed by atoms with Gasteiger partial charge in [-0.3, -0.25) is 9.36 Å². The molecule has 1 aromatic heterocycles. The van der Waals surface area contributed by atoms with Crippen molar-refractivity contribution in [3.63, 3.8) is 0 Å². The van der Waals surface area contributed by atoms with Gasteiger partial charge in [-0.1, -0.05) is 48.2 Å². The molecule has 0 saturated carbocycles. The Kier molecular flexibility index (Phi) is 6.72. The highest BCUT2D eigenvalue weighted by Gasteiger charge is 2.24. The van der Waals surface area contributed by atoms with Crippen molar-refractivity contribution in [2.45, 2.75) is 35.1 Å². The second kappa shape index (κ2) is 9.65. The number of carbonyl (C=O) groups is 1. The first-order valence-electron chi connectivity index (χ1n) is 10.2. The van der Waals surface area contributed by atoms with Crippen LogP contribution in [0.25, 0.3) is 5.69 Å². The third kappa shape index (κ3) is 5.16. The van der Waals surface area contributed by atoms with E-state index < -0.39 is 9.84 Å². The number of nitrogens with zero attached hydrogens (tertiary/aromatic N) is 4. The number of benzene rings is 2. The molecule has 1 amide bonds. The molecule has 0 spiro atoms. The van der Waals surface area contributed by atoms with Crippen molar-refractivity contribution >= 4 is 27.5 Å². The van der Waals surface area contributed by atoms with Crippen molar-refractivity contribution in [3.8, 4) is 5.69 Å². The Morgan fingerprint density at radius 3 is 2.23 bits per heavy atom. The molecule has 1 saturated heterocycles. The Morgan fingerprint density at radius 2 is 1.55 bits per heavy atom. The maximum Gasteiger partial charge on any atom is 0.233 e. The van der Waals surface area contributed by atoms with E-state index in [1.54, 1.807) is 34.9 Å². The topological polar surface area (TPSA) is 85.2 Å². The van der Waals surface area contributed by atoms with Crippen molar-refractivity contribution in [3.05, 3.63) is 66.5 Å². The molecular formula is C22H24N4O3S2. The number of aromatic nitrogens is 3. The molecule has 2 heterocycles. The molecule has 0 bridgehead atoms. The first-order chi connectivity index (χ1) is 15.0. The predicted octanol–water partition coefficient (Wildman–Crippen LogP) is 3.35. The van der Waals surface area contributed by atoms with Gasteiger partial charge in [-0.05, 0) is 43.5 Å². The normalized spacial score (nSPS) is 14.5. The molecule has 7 nitrogen and oxygen atoms in total. The van der Waals surface area contributed by atoms with Gasteiger partial charge in [0.2, 0.25) is 5.91 Å². The van der Waals surface area contributed by atoms with Crippen molar-refractivity contribution in [1.29, 1.82) is 0 Å². The first-order valence-corrected chi connectivity index (χ1v) is 12.9. The van der Waals surface area contributed by atoms with Crippen molar-refractivity contribution < 1.29 is 13.2 Å². The molecular weight excluding hydrogens is 432 g/mol. The summed E-state index contributed by atoms with van der Waals surface area (Å²) >= 11 is 1.29. The van der Waals surface area contributed by atoms with Crippen LogP contribution in [0.4, 0.5) is 0 Å². The Bertz CT molecular complexity index is 1130. The Morgan fingerprint density at radius 1 is 0.903 bits per heavy atom. The second-order valence-electron chi connectivity index (χ2n) is 7.37. The zero-order chi connectivity index (χ0) is 21.7. The van der Waals surface area contributed by atoms with Crippen LogP contribution in [0.15, 0.2) is 70.7 Å². The molecule has 1 aliphatic heterocycles. The quantitative estimate of drug-likeness (QED) is 0.507. The van der Waals surface area contributed by atoms with Gasteiger partial charge in [0.05, 0.1) is 10.6 Å². The molecule has 9 heteroatoms. The fourth-order valence-electron chi connectivity index (χ4n) is 3.57. The highest BCUT2D eigenvalue weighted by molar-refractivity contribution is 7.99. The van der Waals surface area contributed by atoms with Crippen LogP contribution >= 0.6 is 11.8 Å². The van der Waals surface area contributed by atoms with E-state index in [0.717, 1.165) is 31.6 Å². The molecule has 2 aromatic carbocycles. The molecule has 0 radical (unpaired) electrons. The Balaban J connectivity index is 1.59. The van der Waals surface area contributed by atoms with Crippen molar-refractivity contribution in [1.82, 2.24) is 19.7 Å². The van der Waals surface area contributed by atoms with Gasteiger partial charge in [0.15, 0.2) is 20.8 Å². The highest BCUT2D eigenvalue weighted by Crippen LogP contribution is 2.25. The van der Waals surface area contributed by atoms with Crippen LogP contribution in [0.5, 0.6) is 0 Å². The van der Waals surface area contributed by atoms with E-state index in [1.165, 1.54) is 18.2 Å². The SMILES string of the molecule is O=C(CSc1nnc(CS(=O)(=O)c2ccccc2)n1-c1ccccc1)N1CCCCC1. The monoisotopic (exact) mass is 456 g/mol. The summed E-state index contributed by atoms with van der Waals surface area (Å²) in [4.78, 5) is 14.7. The maximum atomic E-state index is 12.9. The molecule has 1 fully saturated rings. The minimum atomic E-state index is -3.59. The molecule has 0 aliphatic carbocycles. The first kappa shape index (κ1) is 21.6. The second-order valence-corrected chi connectivity index (χ2v) is 10.3. The lowest BCUT2D eigenvalue weighted by molar-refractivity contribution is -0.129. The molecule has 0 unspecified atom stereocenters. The number of rotatable bonds is 7. The number of sulfone groups is 1.